The fourth-order valence-electron chi connectivity index (χ4n) is 1.88. The molecule has 0 saturated heterocycles. The van der Waals surface area contributed by atoms with E-state index in [1.807, 2.05) is 0 Å². The Morgan fingerprint density at radius 1 is 1.44 bits per heavy atom. The maximum absolute atomic E-state index is 11.9. The quantitative estimate of drug-likeness (QED) is 0.747. The minimum atomic E-state index is -0.772. The van der Waals surface area contributed by atoms with Crippen LogP contribution in [0.25, 0.3) is 0 Å². The summed E-state index contributed by atoms with van der Waals surface area (Å²) < 4.78 is 0. The summed E-state index contributed by atoms with van der Waals surface area (Å²) in [5, 5.41) is 12.9. The number of carbonyl (C=O) groups excluding carboxylic acids is 1. The molecule has 0 bridgehead atoms. The molecule has 1 aromatic carbocycles. The predicted molar refractivity (Wildman–Crippen MR) is 72.0 cm³/mol. The fourth-order valence-corrected chi connectivity index (χ4v) is 2.30. The summed E-state index contributed by atoms with van der Waals surface area (Å²) in [7, 11) is 0. The van der Waals surface area contributed by atoms with Crippen LogP contribution in [-0.4, -0.2) is 23.2 Å². The van der Waals surface area contributed by atoms with Crippen molar-refractivity contribution in [2.75, 3.05) is 12.3 Å². The summed E-state index contributed by atoms with van der Waals surface area (Å²) in [6.07, 6.45) is 2.40. The smallest absolute Gasteiger partial charge is 0.253 e. The second-order valence-corrected chi connectivity index (χ2v) is 5.41. The van der Waals surface area contributed by atoms with Crippen LogP contribution in [0.5, 0.6) is 0 Å². The van der Waals surface area contributed by atoms with Gasteiger partial charge in [-0.25, -0.2) is 0 Å². The highest BCUT2D eigenvalue weighted by atomic mass is 35.5. The Labute approximate surface area is 115 Å². The molecule has 6 heteroatoms. The van der Waals surface area contributed by atoms with Gasteiger partial charge < -0.3 is 16.2 Å². The lowest BCUT2D eigenvalue weighted by molar-refractivity contribution is -0.0300. The molecule has 1 aromatic rings. The van der Waals surface area contributed by atoms with Crippen molar-refractivity contribution in [3.8, 4) is 0 Å². The fraction of sp³-hybridized carbons (Fsp3) is 0.417. The maximum Gasteiger partial charge on any atom is 0.253 e. The number of carbonyl (C=O) groups is 1. The highest BCUT2D eigenvalue weighted by Gasteiger charge is 2.34. The van der Waals surface area contributed by atoms with Crippen LogP contribution in [0.4, 0.5) is 5.69 Å². The molecule has 0 radical (unpaired) electrons. The van der Waals surface area contributed by atoms with Gasteiger partial charge in [0.1, 0.15) is 0 Å². The molecule has 0 aliphatic heterocycles. The number of nitrogen functional groups attached to an aromatic ring is 1. The van der Waals surface area contributed by atoms with Gasteiger partial charge in [-0.15, -0.1) is 0 Å². The first kappa shape index (κ1) is 13.5. The summed E-state index contributed by atoms with van der Waals surface area (Å²) in [6, 6.07) is 2.95. The average molecular weight is 289 g/mol. The molecule has 0 heterocycles. The lowest BCUT2D eigenvalue weighted by atomic mass is 9.80. The number of benzene rings is 1. The minimum Gasteiger partial charge on any atom is -0.399 e. The number of halogens is 2. The monoisotopic (exact) mass is 288 g/mol. The third kappa shape index (κ3) is 2.71. The highest BCUT2D eigenvalue weighted by molar-refractivity contribution is 6.44. The van der Waals surface area contributed by atoms with E-state index < -0.39 is 5.60 Å². The van der Waals surface area contributed by atoms with Crippen molar-refractivity contribution in [2.45, 2.75) is 24.9 Å². The molecule has 0 aromatic heterocycles. The SMILES string of the molecule is Nc1cc(Cl)c(Cl)c(C(=O)NCC2(O)CCC2)c1. The van der Waals surface area contributed by atoms with E-state index >= 15 is 0 Å². The first-order valence-corrected chi connectivity index (χ1v) is 6.42. The molecule has 0 spiro atoms. The van der Waals surface area contributed by atoms with Crippen LogP contribution >= 0.6 is 23.2 Å². The van der Waals surface area contributed by atoms with Crippen molar-refractivity contribution in [1.29, 1.82) is 0 Å². The van der Waals surface area contributed by atoms with Gasteiger partial charge in [-0.1, -0.05) is 23.2 Å². The van der Waals surface area contributed by atoms with Crippen LogP contribution < -0.4 is 11.1 Å². The van der Waals surface area contributed by atoms with E-state index in [1.165, 1.54) is 12.1 Å². The Morgan fingerprint density at radius 2 is 2.11 bits per heavy atom. The number of rotatable bonds is 3. The van der Waals surface area contributed by atoms with E-state index in [9.17, 15) is 9.90 Å². The van der Waals surface area contributed by atoms with Gasteiger partial charge in [0.2, 0.25) is 0 Å². The van der Waals surface area contributed by atoms with Gasteiger partial charge in [0.25, 0.3) is 5.91 Å². The van der Waals surface area contributed by atoms with Crippen LogP contribution in [-0.2, 0) is 0 Å². The van der Waals surface area contributed by atoms with Gasteiger partial charge >= 0.3 is 0 Å². The molecule has 0 unspecified atom stereocenters. The molecule has 4 N–H and O–H groups in total. The predicted octanol–water partition coefficient (Wildman–Crippen LogP) is 2.22. The summed E-state index contributed by atoms with van der Waals surface area (Å²) in [4.78, 5) is 11.9. The van der Waals surface area contributed by atoms with Crippen molar-refractivity contribution in [3.05, 3.63) is 27.7 Å². The first-order valence-electron chi connectivity index (χ1n) is 5.66. The van der Waals surface area contributed by atoms with Gasteiger partial charge in [0, 0.05) is 12.2 Å². The zero-order valence-electron chi connectivity index (χ0n) is 9.67. The lowest BCUT2D eigenvalue weighted by Gasteiger charge is -2.36. The normalized spacial score (nSPS) is 17.1. The third-order valence-corrected chi connectivity index (χ3v) is 3.96. The molecule has 1 saturated carbocycles. The zero-order valence-corrected chi connectivity index (χ0v) is 11.2. The Kier molecular flexibility index (Phi) is 3.71. The average Bonchev–Trinajstić information content (AvgIpc) is 2.28. The van der Waals surface area contributed by atoms with E-state index in [4.69, 9.17) is 28.9 Å². The number of hydrogen-bond acceptors (Lipinski definition) is 3. The number of aliphatic hydroxyl groups is 1. The molecular formula is C12H14Cl2N2O2. The summed E-state index contributed by atoms with van der Waals surface area (Å²) in [6.45, 7) is 0.217. The lowest BCUT2D eigenvalue weighted by Crippen LogP contribution is -2.47. The van der Waals surface area contributed by atoms with E-state index in [0.717, 1.165) is 6.42 Å². The molecule has 0 atom stereocenters. The van der Waals surface area contributed by atoms with E-state index in [0.29, 0.717) is 18.5 Å². The number of amides is 1. The second-order valence-electron chi connectivity index (χ2n) is 4.62. The van der Waals surface area contributed by atoms with E-state index in [2.05, 4.69) is 5.32 Å². The number of anilines is 1. The van der Waals surface area contributed by atoms with Crippen molar-refractivity contribution < 1.29 is 9.90 Å². The molecule has 2 rings (SSSR count). The molecule has 98 valence electrons. The molecule has 1 aliphatic rings. The van der Waals surface area contributed by atoms with Crippen LogP contribution in [0.15, 0.2) is 12.1 Å². The first-order chi connectivity index (χ1) is 8.41. The topological polar surface area (TPSA) is 75.4 Å². The Balaban J connectivity index is 2.09. The zero-order chi connectivity index (χ0) is 13.3. The Hall–Kier alpha value is -0.970. The van der Waals surface area contributed by atoms with E-state index in [1.54, 1.807) is 0 Å². The van der Waals surface area contributed by atoms with Crippen LogP contribution in [0.3, 0.4) is 0 Å². The van der Waals surface area contributed by atoms with Crippen LogP contribution in [0, 0.1) is 0 Å². The van der Waals surface area contributed by atoms with Gasteiger partial charge in [-0.2, -0.15) is 0 Å². The molecule has 1 fully saturated rings. The Morgan fingerprint density at radius 3 is 2.67 bits per heavy atom. The molecule has 1 aliphatic carbocycles. The van der Waals surface area contributed by atoms with E-state index in [-0.39, 0.29) is 28.1 Å². The van der Waals surface area contributed by atoms with Crippen LogP contribution in [0.1, 0.15) is 29.6 Å². The number of nitrogens with two attached hydrogens (primary N) is 1. The molecule has 1 amide bonds. The van der Waals surface area contributed by atoms with Crippen molar-refractivity contribution in [3.63, 3.8) is 0 Å². The maximum atomic E-state index is 11.9. The highest BCUT2D eigenvalue weighted by Crippen LogP contribution is 2.31. The van der Waals surface area contributed by atoms with Gasteiger partial charge in [-0.05, 0) is 31.4 Å². The third-order valence-electron chi connectivity index (χ3n) is 3.16. The number of hydrogen-bond donors (Lipinski definition) is 3. The van der Waals surface area contributed by atoms with Crippen LogP contribution in [0.2, 0.25) is 10.0 Å². The largest absolute Gasteiger partial charge is 0.399 e. The summed E-state index contributed by atoms with van der Waals surface area (Å²) in [5.74, 6) is -0.380. The standard InChI is InChI=1S/C12H14Cl2N2O2/c13-9-5-7(15)4-8(10(9)14)11(17)16-6-12(18)2-1-3-12/h4-5,18H,1-3,6,15H2,(H,16,17). The summed E-state index contributed by atoms with van der Waals surface area (Å²) in [5.41, 5.74) is 5.44. The van der Waals surface area contributed by atoms with Gasteiger partial charge in [0.15, 0.2) is 0 Å². The molecule has 4 nitrogen and oxygen atoms in total. The number of nitrogens with one attached hydrogen (secondary N) is 1. The Bertz CT molecular complexity index is 487. The van der Waals surface area contributed by atoms with Crippen molar-refractivity contribution >= 4 is 34.8 Å². The molecular weight excluding hydrogens is 275 g/mol. The van der Waals surface area contributed by atoms with Crippen molar-refractivity contribution in [1.82, 2.24) is 5.32 Å². The second kappa shape index (κ2) is 4.96. The van der Waals surface area contributed by atoms with Crippen molar-refractivity contribution in [2.24, 2.45) is 0 Å². The minimum absolute atomic E-state index is 0.170. The summed E-state index contributed by atoms with van der Waals surface area (Å²) >= 11 is 11.8. The van der Waals surface area contributed by atoms with Gasteiger partial charge in [0.05, 0.1) is 21.2 Å². The van der Waals surface area contributed by atoms with Gasteiger partial charge in [-0.3, -0.25) is 4.79 Å². The molecule has 18 heavy (non-hydrogen) atoms.